The van der Waals surface area contributed by atoms with Crippen molar-refractivity contribution in [3.8, 4) is 0 Å². The van der Waals surface area contributed by atoms with Gasteiger partial charge in [0.1, 0.15) is 5.76 Å². The molecule has 11 heavy (non-hydrogen) atoms. The van der Waals surface area contributed by atoms with Crippen LogP contribution in [0.15, 0.2) is 36.1 Å². The van der Waals surface area contributed by atoms with Crippen LogP contribution >= 0.6 is 0 Å². The summed E-state index contributed by atoms with van der Waals surface area (Å²) >= 11 is 0. The van der Waals surface area contributed by atoms with E-state index < -0.39 is 0 Å². The van der Waals surface area contributed by atoms with E-state index in [1.165, 1.54) is 0 Å². The Labute approximate surface area is 69.1 Å². The number of ether oxygens (including phenoxy) is 1. The SMILES string of the molecule is C=CC(C)=C(CC)C(=C)OC. The first-order chi connectivity index (χ1) is 5.17. The Bertz CT molecular complexity index is 187. The third kappa shape index (κ3) is 2.62. The van der Waals surface area contributed by atoms with Crippen molar-refractivity contribution in [3.63, 3.8) is 0 Å². The summed E-state index contributed by atoms with van der Waals surface area (Å²) in [5.41, 5.74) is 2.28. The van der Waals surface area contributed by atoms with Crippen LogP contribution in [0, 0.1) is 0 Å². The van der Waals surface area contributed by atoms with Crippen LogP contribution in [0.1, 0.15) is 20.3 Å². The second-order valence-corrected chi connectivity index (χ2v) is 2.35. The van der Waals surface area contributed by atoms with E-state index in [0.29, 0.717) is 0 Å². The molecule has 0 N–H and O–H groups in total. The molecular formula is C10H16O. The Morgan fingerprint density at radius 2 is 2.09 bits per heavy atom. The van der Waals surface area contributed by atoms with E-state index in [2.05, 4.69) is 20.1 Å². The molecule has 0 fully saturated rings. The summed E-state index contributed by atoms with van der Waals surface area (Å²) in [5, 5.41) is 0. The minimum atomic E-state index is 0.741. The van der Waals surface area contributed by atoms with Crippen molar-refractivity contribution in [3.05, 3.63) is 36.1 Å². The minimum absolute atomic E-state index is 0.741. The zero-order valence-electron chi connectivity index (χ0n) is 7.61. The number of methoxy groups -OCH3 is 1. The summed E-state index contributed by atoms with van der Waals surface area (Å²) < 4.78 is 5.03. The normalized spacial score (nSPS) is 11.9. The van der Waals surface area contributed by atoms with Crippen LogP contribution in [-0.2, 0) is 4.74 Å². The lowest BCUT2D eigenvalue weighted by Crippen LogP contribution is -1.92. The van der Waals surface area contributed by atoms with Crippen molar-refractivity contribution in [1.29, 1.82) is 0 Å². The van der Waals surface area contributed by atoms with Gasteiger partial charge in [0.15, 0.2) is 0 Å². The predicted octanol–water partition coefficient (Wildman–Crippen LogP) is 3.06. The first-order valence-electron chi connectivity index (χ1n) is 3.72. The zero-order valence-corrected chi connectivity index (χ0v) is 7.61. The number of hydrogen-bond acceptors (Lipinski definition) is 1. The lowest BCUT2D eigenvalue weighted by Gasteiger charge is -2.08. The van der Waals surface area contributed by atoms with Gasteiger partial charge in [-0.1, -0.05) is 26.2 Å². The molecule has 0 bridgehead atoms. The molecular weight excluding hydrogens is 136 g/mol. The zero-order chi connectivity index (χ0) is 8.85. The van der Waals surface area contributed by atoms with Gasteiger partial charge in [0.25, 0.3) is 0 Å². The van der Waals surface area contributed by atoms with Crippen LogP contribution in [0.5, 0.6) is 0 Å². The standard InChI is InChI=1S/C10H16O/c1-6-8(3)10(7-2)9(4)11-5/h6H,1,4,7H2,2-3,5H3. The highest BCUT2D eigenvalue weighted by molar-refractivity contribution is 5.33. The predicted molar refractivity (Wildman–Crippen MR) is 49.3 cm³/mol. The van der Waals surface area contributed by atoms with Crippen molar-refractivity contribution >= 4 is 0 Å². The fraction of sp³-hybridized carbons (Fsp3) is 0.400. The minimum Gasteiger partial charge on any atom is -0.497 e. The van der Waals surface area contributed by atoms with Crippen molar-refractivity contribution < 1.29 is 4.74 Å². The van der Waals surface area contributed by atoms with Gasteiger partial charge in [-0.3, -0.25) is 0 Å². The molecule has 62 valence electrons. The number of hydrogen-bond donors (Lipinski definition) is 0. The maximum absolute atomic E-state index is 5.03. The summed E-state index contributed by atoms with van der Waals surface area (Å²) in [6.07, 6.45) is 2.76. The lowest BCUT2D eigenvalue weighted by molar-refractivity contribution is 0.300. The molecule has 0 aliphatic rings. The van der Waals surface area contributed by atoms with Gasteiger partial charge < -0.3 is 4.74 Å². The van der Waals surface area contributed by atoms with Crippen LogP contribution in [0.4, 0.5) is 0 Å². The Kier molecular flexibility index (Phi) is 4.35. The molecule has 0 radical (unpaired) electrons. The molecule has 0 rings (SSSR count). The first-order valence-corrected chi connectivity index (χ1v) is 3.72. The highest BCUT2D eigenvalue weighted by atomic mass is 16.5. The maximum Gasteiger partial charge on any atom is 0.115 e. The molecule has 0 heterocycles. The third-order valence-electron chi connectivity index (χ3n) is 1.72. The Morgan fingerprint density at radius 3 is 2.36 bits per heavy atom. The molecule has 0 aromatic heterocycles. The molecule has 0 aliphatic heterocycles. The number of rotatable bonds is 4. The third-order valence-corrected chi connectivity index (χ3v) is 1.72. The van der Waals surface area contributed by atoms with Crippen LogP contribution in [0.25, 0.3) is 0 Å². The van der Waals surface area contributed by atoms with Gasteiger partial charge in [-0.25, -0.2) is 0 Å². The molecule has 1 heteroatoms. The summed E-state index contributed by atoms with van der Waals surface area (Å²) in [4.78, 5) is 0. The van der Waals surface area contributed by atoms with E-state index in [1.807, 2.05) is 13.0 Å². The van der Waals surface area contributed by atoms with E-state index in [-0.39, 0.29) is 0 Å². The largest absolute Gasteiger partial charge is 0.497 e. The molecule has 0 aromatic rings. The smallest absolute Gasteiger partial charge is 0.115 e. The van der Waals surface area contributed by atoms with Gasteiger partial charge in [0, 0.05) is 0 Å². The van der Waals surface area contributed by atoms with Crippen LogP contribution in [0.2, 0.25) is 0 Å². The van der Waals surface area contributed by atoms with Gasteiger partial charge in [-0.2, -0.15) is 0 Å². The second-order valence-electron chi connectivity index (χ2n) is 2.35. The molecule has 0 atom stereocenters. The van der Waals surface area contributed by atoms with Crippen molar-refractivity contribution in [2.45, 2.75) is 20.3 Å². The van der Waals surface area contributed by atoms with Crippen LogP contribution < -0.4 is 0 Å². The molecule has 0 aliphatic carbocycles. The fourth-order valence-electron chi connectivity index (χ4n) is 0.942. The van der Waals surface area contributed by atoms with E-state index in [4.69, 9.17) is 4.74 Å². The van der Waals surface area contributed by atoms with E-state index in [1.54, 1.807) is 7.11 Å². The quantitative estimate of drug-likeness (QED) is 0.444. The van der Waals surface area contributed by atoms with Gasteiger partial charge >= 0.3 is 0 Å². The van der Waals surface area contributed by atoms with Gasteiger partial charge in [-0.15, -0.1) is 0 Å². The van der Waals surface area contributed by atoms with Crippen molar-refractivity contribution in [2.24, 2.45) is 0 Å². The lowest BCUT2D eigenvalue weighted by atomic mass is 10.1. The highest BCUT2D eigenvalue weighted by Crippen LogP contribution is 2.17. The highest BCUT2D eigenvalue weighted by Gasteiger charge is 2.01. The Balaban J connectivity index is 4.64. The summed E-state index contributed by atoms with van der Waals surface area (Å²) in [6, 6.07) is 0. The van der Waals surface area contributed by atoms with Gasteiger partial charge in [0.2, 0.25) is 0 Å². The van der Waals surface area contributed by atoms with Crippen molar-refractivity contribution in [1.82, 2.24) is 0 Å². The van der Waals surface area contributed by atoms with Gasteiger partial charge in [0.05, 0.1) is 7.11 Å². The maximum atomic E-state index is 5.03. The monoisotopic (exact) mass is 152 g/mol. The Morgan fingerprint density at radius 1 is 1.55 bits per heavy atom. The van der Waals surface area contributed by atoms with E-state index >= 15 is 0 Å². The second kappa shape index (κ2) is 4.78. The fourth-order valence-corrected chi connectivity index (χ4v) is 0.942. The average molecular weight is 152 g/mol. The van der Waals surface area contributed by atoms with E-state index in [0.717, 1.165) is 23.3 Å². The average Bonchev–Trinajstić information content (AvgIpc) is 2.05. The molecule has 0 saturated carbocycles. The van der Waals surface area contributed by atoms with Crippen molar-refractivity contribution in [2.75, 3.05) is 7.11 Å². The summed E-state index contributed by atoms with van der Waals surface area (Å²) in [6.45, 7) is 11.6. The van der Waals surface area contributed by atoms with Crippen LogP contribution in [0.3, 0.4) is 0 Å². The topological polar surface area (TPSA) is 9.23 Å². The van der Waals surface area contributed by atoms with Crippen LogP contribution in [-0.4, -0.2) is 7.11 Å². The number of allylic oxidation sites excluding steroid dienone is 3. The summed E-state index contributed by atoms with van der Waals surface area (Å²) in [5.74, 6) is 0.741. The molecule has 0 unspecified atom stereocenters. The van der Waals surface area contributed by atoms with Gasteiger partial charge in [-0.05, 0) is 24.5 Å². The summed E-state index contributed by atoms with van der Waals surface area (Å²) in [7, 11) is 1.63. The molecule has 0 spiro atoms. The molecule has 0 saturated heterocycles. The molecule has 0 amide bonds. The Hall–Kier alpha value is -0.980. The molecule has 1 nitrogen and oxygen atoms in total. The molecule has 0 aromatic carbocycles. The van der Waals surface area contributed by atoms with E-state index in [9.17, 15) is 0 Å². The first kappa shape index (κ1) is 10.0.